The number of rotatable bonds is 11. The van der Waals surface area contributed by atoms with Gasteiger partial charge in [-0.2, -0.15) is 5.26 Å². The van der Waals surface area contributed by atoms with Gasteiger partial charge in [-0.1, -0.05) is 54.5 Å². The number of nitrogens with one attached hydrogen (secondary N) is 1. The summed E-state index contributed by atoms with van der Waals surface area (Å²) in [5.41, 5.74) is 4.32. The molecule has 35 heavy (non-hydrogen) atoms. The van der Waals surface area contributed by atoms with Gasteiger partial charge < -0.3 is 20.1 Å². The zero-order chi connectivity index (χ0) is 25.2. The molecule has 0 aliphatic heterocycles. The number of terminal acetylenes is 1. The van der Waals surface area contributed by atoms with Gasteiger partial charge in [-0.25, -0.2) is 4.79 Å². The minimum absolute atomic E-state index is 0.0817. The van der Waals surface area contributed by atoms with Gasteiger partial charge in [-0.3, -0.25) is 9.59 Å². The summed E-state index contributed by atoms with van der Waals surface area (Å²) in [7, 11) is 0. The largest absolute Gasteiger partial charge is 0.480 e. The number of carbonyl (C=O) groups excluding carboxylic acids is 2. The Labute approximate surface area is 204 Å². The van der Waals surface area contributed by atoms with Crippen molar-refractivity contribution in [2.75, 3.05) is 19.7 Å². The van der Waals surface area contributed by atoms with Crippen LogP contribution in [0.4, 0.5) is 4.79 Å². The minimum atomic E-state index is -1.21. The molecule has 2 aromatic rings. The van der Waals surface area contributed by atoms with E-state index in [2.05, 4.69) is 11.2 Å². The second-order valence-corrected chi connectivity index (χ2v) is 8.22. The summed E-state index contributed by atoms with van der Waals surface area (Å²) in [4.78, 5) is 37.9. The highest BCUT2D eigenvalue weighted by atomic mass is 16.5. The van der Waals surface area contributed by atoms with Gasteiger partial charge in [-0.05, 0) is 41.5 Å². The lowest BCUT2D eigenvalue weighted by atomic mass is 9.98. The number of hydrogen-bond donors (Lipinski definition) is 2. The van der Waals surface area contributed by atoms with E-state index in [9.17, 15) is 14.4 Å². The molecule has 180 valence electrons. The summed E-state index contributed by atoms with van der Waals surface area (Å²) in [5, 5.41) is 20.5. The maximum Gasteiger partial charge on any atom is 0.407 e. The van der Waals surface area contributed by atoms with Gasteiger partial charge in [0.15, 0.2) is 0 Å². The molecular formula is C27H27N3O5. The molecule has 0 bridgehead atoms. The van der Waals surface area contributed by atoms with Crippen LogP contribution in [-0.4, -0.2) is 53.7 Å². The molecule has 0 radical (unpaired) electrons. The van der Waals surface area contributed by atoms with Crippen LogP contribution in [0.1, 0.15) is 42.7 Å². The summed E-state index contributed by atoms with van der Waals surface area (Å²) in [5.74, 6) is 0.327. The van der Waals surface area contributed by atoms with Crippen molar-refractivity contribution in [3.8, 4) is 29.5 Å². The molecule has 0 spiro atoms. The van der Waals surface area contributed by atoms with E-state index >= 15 is 0 Å². The van der Waals surface area contributed by atoms with E-state index in [1.807, 2.05) is 54.6 Å². The Morgan fingerprint density at radius 2 is 1.71 bits per heavy atom. The summed E-state index contributed by atoms with van der Waals surface area (Å²) in [6, 6.07) is 16.9. The van der Waals surface area contributed by atoms with Crippen molar-refractivity contribution in [3.63, 3.8) is 0 Å². The Balaban J connectivity index is 1.69. The van der Waals surface area contributed by atoms with Crippen molar-refractivity contribution in [1.82, 2.24) is 10.2 Å². The normalized spacial score (nSPS) is 12.4. The van der Waals surface area contributed by atoms with E-state index in [4.69, 9.17) is 21.5 Å². The number of carbonyl (C=O) groups is 3. The number of alkyl carbamates (subject to hydrolysis) is 1. The highest BCUT2D eigenvalue weighted by Crippen LogP contribution is 2.44. The van der Waals surface area contributed by atoms with Crippen molar-refractivity contribution in [2.45, 2.75) is 37.6 Å². The highest BCUT2D eigenvalue weighted by molar-refractivity contribution is 5.88. The van der Waals surface area contributed by atoms with Gasteiger partial charge in [0, 0.05) is 12.3 Å². The third-order valence-electron chi connectivity index (χ3n) is 5.89. The van der Waals surface area contributed by atoms with Gasteiger partial charge in [-0.15, -0.1) is 6.42 Å². The van der Waals surface area contributed by atoms with E-state index in [0.717, 1.165) is 27.2 Å². The number of benzene rings is 2. The molecule has 0 saturated heterocycles. The molecule has 1 aliphatic carbocycles. The fraction of sp³-hybridized carbons (Fsp3) is 0.333. The Hall–Kier alpha value is -4.30. The van der Waals surface area contributed by atoms with Crippen LogP contribution in [-0.2, 0) is 14.3 Å². The van der Waals surface area contributed by atoms with Crippen molar-refractivity contribution in [3.05, 3.63) is 59.7 Å². The lowest BCUT2D eigenvalue weighted by molar-refractivity contribution is -0.144. The van der Waals surface area contributed by atoms with Crippen LogP contribution >= 0.6 is 0 Å². The second-order valence-electron chi connectivity index (χ2n) is 8.22. The molecule has 1 aliphatic rings. The van der Waals surface area contributed by atoms with Crippen molar-refractivity contribution >= 4 is 18.0 Å². The van der Waals surface area contributed by atoms with Crippen molar-refractivity contribution in [1.29, 1.82) is 5.26 Å². The second kappa shape index (κ2) is 12.2. The van der Waals surface area contributed by atoms with Crippen molar-refractivity contribution in [2.24, 2.45) is 0 Å². The Morgan fingerprint density at radius 1 is 1.09 bits per heavy atom. The molecule has 0 aromatic heterocycles. The standard InChI is InChI=1S/C27H27N3O5/c1-2-16-30(17-25(31)32)26(33)24(14-4-3-9-15-28)29-27(34)35-18-23-21-12-7-5-10-19(21)20-11-6-8-13-22(20)23/h1,5-8,10-13,23-24H,3-4,9,14,16-18H2,(H,29,34)(H,31,32). The van der Waals surface area contributed by atoms with Gasteiger partial charge >= 0.3 is 12.1 Å². The highest BCUT2D eigenvalue weighted by Gasteiger charge is 2.31. The summed E-state index contributed by atoms with van der Waals surface area (Å²) in [6.07, 6.45) is 6.09. The van der Waals surface area contributed by atoms with E-state index in [1.165, 1.54) is 0 Å². The Kier molecular flexibility index (Phi) is 8.86. The van der Waals surface area contributed by atoms with E-state index in [0.29, 0.717) is 19.3 Å². The van der Waals surface area contributed by atoms with Crippen LogP contribution in [0.15, 0.2) is 48.5 Å². The fourth-order valence-electron chi connectivity index (χ4n) is 4.30. The van der Waals surface area contributed by atoms with Gasteiger partial charge in [0.1, 0.15) is 19.2 Å². The third kappa shape index (κ3) is 6.39. The number of unbranched alkanes of at least 4 members (excludes halogenated alkanes) is 2. The van der Waals surface area contributed by atoms with Crippen LogP contribution in [0.2, 0.25) is 0 Å². The van der Waals surface area contributed by atoms with Crippen LogP contribution in [0.5, 0.6) is 0 Å². The first-order valence-electron chi connectivity index (χ1n) is 11.4. The third-order valence-corrected chi connectivity index (χ3v) is 5.89. The van der Waals surface area contributed by atoms with Crippen LogP contribution < -0.4 is 5.32 Å². The molecule has 0 saturated carbocycles. The quantitative estimate of drug-likeness (QED) is 0.381. The Morgan fingerprint density at radius 3 is 2.29 bits per heavy atom. The molecule has 8 nitrogen and oxygen atoms in total. The lowest BCUT2D eigenvalue weighted by Gasteiger charge is -2.25. The number of amides is 2. The summed E-state index contributed by atoms with van der Waals surface area (Å²) in [6.45, 7) is -0.700. The number of carboxylic acid groups (broad SMARTS) is 1. The molecule has 2 N–H and O–H groups in total. The molecule has 2 amide bonds. The average Bonchev–Trinajstić information content (AvgIpc) is 3.17. The number of hydrogen-bond acceptors (Lipinski definition) is 5. The smallest absolute Gasteiger partial charge is 0.407 e. The molecule has 2 aromatic carbocycles. The van der Waals surface area contributed by atoms with Gasteiger partial charge in [0.25, 0.3) is 0 Å². The predicted molar refractivity (Wildman–Crippen MR) is 129 cm³/mol. The van der Waals surface area contributed by atoms with Crippen LogP contribution in [0.25, 0.3) is 11.1 Å². The monoisotopic (exact) mass is 473 g/mol. The van der Waals surface area contributed by atoms with Crippen molar-refractivity contribution < 1.29 is 24.2 Å². The first kappa shape index (κ1) is 25.3. The number of ether oxygens (including phenoxy) is 1. The lowest BCUT2D eigenvalue weighted by Crippen LogP contribution is -2.50. The van der Waals surface area contributed by atoms with E-state index < -0.39 is 30.6 Å². The number of fused-ring (bicyclic) bond motifs is 3. The van der Waals surface area contributed by atoms with Gasteiger partial charge in [0.05, 0.1) is 12.6 Å². The minimum Gasteiger partial charge on any atom is -0.480 e. The zero-order valence-corrected chi connectivity index (χ0v) is 19.3. The van der Waals surface area contributed by atoms with Crippen LogP contribution in [0.3, 0.4) is 0 Å². The molecule has 1 atom stereocenters. The maximum atomic E-state index is 13.0. The number of nitriles is 1. The number of nitrogens with zero attached hydrogens (tertiary/aromatic N) is 2. The van der Waals surface area contributed by atoms with E-state index in [-0.39, 0.29) is 25.5 Å². The molecule has 3 rings (SSSR count). The Bertz CT molecular complexity index is 1120. The zero-order valence-electron chi connectivity index (χ0n) is 19.3. The molecular weight excluding hydrogens is 446 g/mol. The SMILES string of the molecule is C#CCN(CC(=O)O)C(=O)C(CCCCC#N)NC(=O)OCC1c2ccccc2-c2ccccc21. The summed E-state index contributed by atoms with van der Waals surface area (Å²) >= 11 is 0. The molecule has 8 heteroatoms. The maximum absolute atomic E-state index is 13.0. The van der Waals surface area contributed by atoms with Crippen LogP contribution in [0, 0.1) is 23.7 Å². The number of aliphatic carboxylic acids is 1. The fourth-order valence-corrected chi connectivity index (χ4v) is 4.30. The topological polar surface area (TPSA) is 120 Å². The first-order chi connectivity index (χ1) is 17.0. The number of carboxylic acids is 1. The molecule has 0 heterocycles. The van der Waals surface area contributed by atoms with Gasteiger partial charge in [0.2, 0.25) is 5.91 Å². The summed E-state index contributed by atoms with van der Waals surface area (Å²) < 4.78 is 5.54. The average molecular weight is 474 g/mol. The first-order valence-corrected chi connectivity index (χ1v) is 11.4. The molecule has 1 unspecified atom stereocenters. The molecule has 0 fully saturated rings. The predicted octanol–water partition coefficient (Wildman–Crippen LogP) is 3.52. The van der Waals surface area contributed by atoms with E-state index in [1.54, 1.807) is 0 Å².